The molecule has 202 valence electrons. The zero-order valence-electron chi connectivity index (χ0n) is 21.2. The van der Waals surface area contributed by atoms with E-state index < -0.39 is 46.0 Å². The molecule has 1 unspecified atom stereocenters. The van der Waals surface area contributed by atoms with E-state index in [1.165, 1.54) is 12.1 Å². The Morgan fingerprint density at radius 3 is 1.97 bits per heavy atom. The van der Waals surface area contributed by atoms with Gasteiger partial charge in [0.05, 0.1) is 19.3 Å². The topological polar surface area (TPSA) is 18.5 Å². The quantitative estimate of drug-likeness (QED) is 0.256. The van der Waals surface area contributed by atoms with Crippen molar-refractivity contribution in [2.24, 2.45) is 0 Å². The molecule has 1 aliphatic carbocycles. The van der Waals surface area contributed by atoms with Gasteiger partial charge in [0.1, 0.15) is 0 Å². The molecule has 3 aromatic carbocycles. The Morgan fingerprint density at radius 2 is 1.32 bits per heavy atom. The molecule has 8 heteroatoms. The maximum Gasteiger partial charge on any atom is 0.201 e. The fraction of sp³-hybridized carbons (Fsp3) is 0.333. The van der Waals surface area contributed by atoms with E-state index in [-0.39, 0.29) is 36.2 Å². The SMILES string of the molecule is CCCc1ccc(C2=CCC(OCc3ccc(-c4ccc(OCC)c(F)c4F)c(F)c3F)CC2)c(F)c1F. The summed E-state index contributed by atoms with van der Waals surface area (Å²) in [5.74, 6) is -7.14. The second-order valence-corrected chi connectivity index (χ2v) is 9.16. The van der Waals surface area contributed by atoms with Gasteiger partial charge in [-0.05, 0) is 55.9 Å². The molecule has 0 aromatic heterocycles. The second-order valence-electron chi connectivity index (χ2n) is 9.16. The summed E-state index contributed by atoms with van der Waals surface area (Å²) < 4.78 is 98.1. The average molecular weight is 535 g/mol. The van der Waals surface area contributed by atoms with Crippen LogP contribution in [0.15, 0.2) is 42.5 Å². The first kappa shape index (κ1) is 27.8. The highest BCUT2D eigenvalue weighted by molar-refractivity contribution is 5.68. The van der Waals surface area contributed by atoms with E-state index in [4.69, 9.17) is 9.47 Å². The fourth-order valence-corrected chi connectivity index (χ4v) is 4.63. The number of rotatable bonds is 9. The molecule has 0 N–H and O–H groups in total. The van der Waals surface area contributed by atoms with Crippen molar-refractivity contribution < 1.29 is 35.8 Å². The van der Waals surface area contributed by atoms with E-state index in [0.29, 0.717) is 43.2 Å². The first-order valence-electron chi connectivity index (χ1n) is 12.6. The minimum Gasteiger partial charge on any atom is -0.491 e. The van der Waals surface area contributed by atoms with Crippen molar-refractivity contribution in [3.8, 4) is 16.9 Å². The maximum absolute atomic E-state index is 14.8. The van der Waals surface area contributed by atoms with Gasteiger partial charge in [0.15, 0.2) is 34.8 Å². The number of benzene rings is 3. The Bertz CT molecular complexity index is 1350. The van der Waals surface area contributed by atoms with E-state index in [1.54, 1.807) is 25.1 Å². The summed E-state index contributed by atoms with van der Waals surface area (Å²) in [5, 5.41) is 0. The van der Waals surface area contributed by atoms with Crippen LogP contribution in [0, 0.1) is 34.9 Å². The smallest absolute Gasteiger partial charge is 0.201 e. The zero-order valence-corrected chi connectivity index (χ0v) is 21.2. The van der Waals surface area contributed by atoms with Crippen molar-refractivity contribution in [1.29, 1.82) is 0 Å². The summed E-state index contributed by atoms with van der Waals surface area (Å²) in [5.41, 5.74) is 0.328. The zero-order chi connectivity index (χ0) is 27.4. The van der Waals surface area contributed by atoms with Crippen LogP contribution in [0.25, 0.3) is 16.7 Å². The predicted octanol–water partition coefficient (Wildman–Crippen LogP) is 8.69. The lowest BCUT2D eigenvalue weighted by Gasteiger charge is -2.23. The molecule has 0 bridgehead atoms. The predicted molar refractivity (Wildman–Crippen MR) is 134 cm³/mol. The third-order valence-electron chi connectivity index (χ3n) is 6.66. The van der Waals surface area contributed by atoms with Crippen LogP contribution >= 0.6 is 0 Å². The number of halogens is 6. The summed E-state index contributed by atoms with van der Waals surface area (Å²) in [4.78, 5) is 0. The summed E-state index contributed by atoms with van der Waals surface area (Å²) in [6.45, 7) is 3.38. The van der Waals surface area contributed by atoms with Crippen LogP contribution in [-0.4, -0.2) is 12.7 Å². The van der Waals surface area contributed by atoms with Crippen LogP contribution in [0.4, 0.5) is 26.3 Å². The highest BCUT2D eigenvalue weighted by atomic mass is 19.2. The molecule has 1 aliphatic rings. The normalized spacial score (nSPS) is 15.5. The minimum atomic E-state index is -1.33. The highest BCUT2D eigenvalue weighted by Crippen LogP contribution is 2.35. The van der Waals surface area contributed by atoms with Gasteiger partial charge < -0.3 is 9.47 Å². The van der Waals surface area contributed by atoms with E-state index in [1.807, 2.05) is 6.92 Å². The molecule has 38 heavy (non-hydrogen) atoms. The van der Waals surface area contributed by atoms with Crippen molar-refractivity contribution in [3.05, 3.63) is 94.1 Å². The monoisotopic (exact) mass is 534 g/mol. The van der Waals surface area contributed by atoms with Gasteiger partial charge in [-0.2, -0.15) is 4.39 Å². The van der Waals surface area contributed by atoms with E-state index in [9.17, 15) is 26.3 Å². The van der Waals surface area contributed by atoms with Crippen LogP contribution in [0.3, 0.4) is 0 Å². The third kappa shape index (κ3) is 5.60. The molecule has 0 saturated heterocycles. The minimum absolute atomic E-state index is 0.0764. The molecular formula is C30H28F6O2. The summed E-state index contributed by atoms with van der Waals surface area (Å²) >= 11 is 0. The van der Waals surface area contributed by atoms with Crippen molar-refractivity contribution in [3.63, 3.8) is 0 Å². The number of ether oxygens (including phenoxy) is 2. The summed E-state index contributed by atoms with van der Waals surface area (Å²) in [6, 6.07) is 7.94. The molecule has 0 spiro atoms. The van der Waals surface area contributed by atoms with Crippen LogP contribution in [0.5, 0.6) is 5.75 Å². The van der Waals surface area contributed by atoms with Gasteiger partial charge in [0, 0.05) is 22.3 Å². The number of aryl methyl sites for hydroxylation is 1. The van der Waals surface area contributed by atoms with Gasteiger partial charge in [-0.25, -0.2) is 22.0 Å². The molecule has 0 saturated carbocycles. The van der Waals surface area contributed by atoms with Crippen molar-refractivity contribution in [1.82, 2.24) is 0 Å². The van der Waals surface area contributed by atoms with Crippen molar-refractivity contribution in [2.45, 2.75) is 58.7 Å². The van der Waals surface area contributed by atoms with E-state index in [0.717, 1.165) is 12.1 Å². The Morgan fingerprint density at radius 1 is 0.711 bits per heavy atom. The summed E-state index contributed by atoms with van der Waals surface area (Å²) in [6.07, 6.45) is 3.94. The molecule has 2 nitrogen and oxygen atoms in total. The molecule has 0 fully saturated rings. The Balaban J connectivity index is 1.44. The van der Waals surface area contributed by atoms with Gasteiger partial charge in [-0.1, -0.05) is 43.7 Å². The standard InChI is InChI=1S/C30H28F6O2/c1-3-5-18-8-12-21(27(33)25(18)31)17-6-10-20(11-7-17)38-16-19-9-13-22(28(34)26(19)32)23-14-15-24(37-4-2)30(36)29(23)35/h6,8-9,12-15,20H,3-5,7,10-11,16H2,1-2H3. The van der Waals surface area contributed by atoms with Crippen LogP contribution < -0.4 is 4.74 Å². The Hall–Kier alpha value is -3.26. The van der Waals surface area contributed by atoms with Gasteiger partial charge in [0.2, 0.25) is 5.82 Å². The molecular weight excluding hydrogens is 506 g/mol. The lowest BCUT2D eigenvalue weighted by molar-refractivity contribution is 0.0342. The van der Waals surface area contributed by atoms with Gasteiger partial charge >= 0.3 is 0 Å². The first-order chi connectivity index (χ1) is 18.3. The lowest BCUT2D eigenvalue weighted by atomic mass is 9.90. The Labute approximate surface area is 217 Å². The third-order valence-corrected chi connectivity index (χ3v) is 6.66. The molecule has 0 aliphatic heterocycles. The fourth-order valence-electron chi connectivity index (χ4n) is 4.63. The molecule has 3 aromatic rings. The molecule has 1 atom stereocenters. The lowest BCUT2D eigenvalue weighted by Crippen LogP contribution is -2.16. The highest BCUT2D eigenvalue weighted by Gasteiger charge is 2.24. The van der Waals surface area contributed by atoms with Gasteiger partial charge in [-0.15, -0.1) is 0 Å². The van der Waals surface area contributed by atoms with E-state index in [2.05, 4.69) is 0 Å². The maximum atomic E-state index is 14.8. The largest absolute Gasteiger partial charge is 0.491 e. The molecule has 4 rings (SSSR count). The van der Waals surface area contributed by atoms with Crippen LogP contribution in [0.2, 0.25) is 0 Å². The molecule has 0 amide bonds. The van der Waals surface area contributed by atoms with Gasteiger partial charge in [-0.3, -0.25) is 0 Å². The van der Waals surface area contributed by atoms with Crippen molar-refractivity contribution in [2.75, 3.05) is 6.61 Å². The first-order valence-corrected chi connectivity index (χ1v) is 12.6. The number of hydrogen-bond acceptors (Lipinski definition) is 2. The van der Waals surface area contributed by atoms with Crippen LogP contribution in [-0.2, 0) is 17.8 Å². The van der Waals surface area contributed by atoms with Crippen molar-refractivity contribution >= 4 is 5.57 Å². The average Bonchev–Trinajstić information content (AvgIpc) is 2.92. The molecule has 0 radical (unpaired) electrons. The summed E-state index contributed by atoms with van der Waals surface area (Å²) in [7, 11) is 0. The Kier molecular flexibility index (Phi) is 8.82. The van der Waals surface area contributed by atoms with Gasteiger partial charge in [0.25, 0.3) is 0 Å². The number of allylic oxidation sites excluding steroid dienone is 1. The van der Waals surface area contributed by atoms with E-state index >= 15 is 0 Å². The molecule has 0 heterocycles. The number of hydrogen-bond donors (Lipinski definition) is 0. The second kappa shape index (κ2) is 12.1. The van der Waals surface area contributed by atoms with Crippen LogP contribution in [0.1, 0.15) is 56.2 Å².